The van der Waals surface area contributed by atoms with Crippen LogP contribution < -0.4 is 10.5 Å². The third-order valence-electron chi connectivity index (χ3n) is 3.01. The molecule has 0 aliphatic heterocycles. The summed E-state index contributed by atoms with van der Waals surface area (Å²) in [4.78, 5) is 4.15. The Morgan fingerprint density at radius 2 is 1.90 bits per heavy atom. The SMILES string of the molecule is Cc1cc(C(N)c2cncc(OC(C)C)c2)ccc1F. The highest BCUT2D eigenvalue weighted by Gasteiger charge is 2.12. The fourth-order valence-electron chi connectivity index (χ4n) is 2.00. The van der Waals surface area contributed by atoms with E-state index in [1.165, 1.54) is 6.07 Å². The van der Waals surface area contributed by atoms with E-state index in [-0.39, 0.29) is 18.0 Å². The molecular formula is C16H19FN2O. The molecule has 0 bridgehead atoms. The number of rotatable bonds is 4. The van der Waals surface area contributed by atoms with Gasteiger partial charge in [0.15, 0.2) is 0 Å². The van der Waals surface area contributed by atoms with Crippen LogP contribution >= 0.6 is 0 Å². The van der Waals surface area contributed by atoms with Gasteiger partial charge in [-0.15, -0.1) is 0 Å². The van der Waals surface area contributed by atoms with Crippen molar-refractivity contribution in [1.82, 2.24) is 4.98 Å². The Bertz CT molecular complexity index is 599. The number of halogens is 1. The third-order valence-corrected chi connectivity index (χ3v) is 3.01. The summed E-state index contributed by atoms with van der Waals surface area (Å²) in [5.41, 5.74) is 8.50. The molecule has 2 rings (SSSR count). The second-order valence-corrected chi connectivity index (χ2v) is 5.11. The molecule has 0 spiro atoms. The molecule has 20 heavy (non-hydrogen) atoms. The lowest BCUT2D eigenvalue weighted by Gasteiger charge is -2.15. The van der Waals surface area contributed by atoms with Crippen molar-refractivity contribution in [3.63, 3.8) is 0 Å². The molecule has 2 N–H and O–H groups in total. The Hall–Kier alpha value is -1.94. The van der Waals surface area contributed by atoms with Crippen LogP contribution in [0.1, 0.15) is 36.6 Å². The van der Waals surface area contributed by atoms with Gasteiger partial charge in [0.25, 0.3) is 0 Å². The van der Waals surface area contributed by atoms with Crippen molar-refractivity contribution in [3.05, 3.63) is 59.2 Å². The zero-order chi connectivity index (χ0) is 14.7. The van der Waals surface area contributed by atoms with E-state index in [0.29, 0.717) is 11.3 Å². The van der Waals surface area contributed by atoms with Crippen molar-refractivity contribution in [2.45, 2.75) is 32.9 Å². The first-order chi connectivity index (χ1) is 9.47. The molecule has 1 unspecified atom stereocenters. The summed E-state index contributed by atoms with van der Waals surface area (Å²) in [6.07, 6.45) is 3.44. The summed E-state index contributed by atoms with van der Waals surface area (Å²) in [7, 11) is 0. The highest BCUT2D eigenvalue weighted by atomic mass is 19.1. The van der Waals surface area contributed by atoms with E-state index in [1.54, 1.807) is 31.5 Å². The predicted molar refractivity (Wildman–Crippen MR) is 77.2 cm³/mol. The number of pyridine rings is 1. The standard InChI is InChI=1S/C16H19FN2O/c1-10(2)20-14-7-13(8-19-9-14)16(18)12-4-5-15(17)11(3)6-12/h4-10,16H,18H2,1-3H3. The molecular weight excluding hydrogens is 255 g/mol. The predicted octanol–water partition coefficient (Wildman–Crippen LogP) is 3.36. The minimum Gasteiger partial charge on any atom is -0.489 e. The van der Waals surface area contributed by atoms with Gasteiger partial charge >= 0.3 is 0 Å². The van der Waals surface area contributed by atoms with Crippen LogP contribution in [0.4, 0.5) is 4.39 Å². The van der Waals surface area contributed by atoms with Gasteiger partial charge in [-0.1, -0.05) is 12.1 Å². The van der Waals surface area contributed by atoms with E-state index < -0.39 is 0 Å². The summed E-state index contributed by atoms with van der Waals surface area (Å²) < 4.78 is 18.9. The van der Waals surface area contributed by atoms with E-state index in [0.717, 1.165) is 11.1 Å². The third kappa shape index (κ3) is 3.33. The van der Waals surface area contributed by atoms with Crippen molar-refractivity contribution >= 4 is 0 Å². The molecule has 106 valence electrons. The minimum absolute atomic E-state index is 0.0799. The van der Waals surface area contributed by atoms with Crippen LogP contribution in [0.2, 0.25) is 0 Å². The Morgan fingerprint density at radius 3 is 2.55 bits per heavy atom. The normalized spacial score (nSPS) is 12.5. The fraction of sp³-hybridized carbons (Fsp3) is 0.312. The van der Waals surface area contributed by atoms with Crippen LogP contribution in [-0.2, 0) is 0 Å². The molecule has 0 aliphatic carbocycles. The largest absolute Gasteiger partial charge is 0.489 e. The van der Waals surface area contributed by atoms with Crippen LogP contribution in [-0.4, -0.2) is 11.1 Å². The maximum absolute atomic E-state index is 13.3. The van der Waals surface area contributed by atoms with Gasteiger partial charge in [0.05, 0.1) is 18.3 Å². The van der Waals surface area contributed by atoms with Crippen LogP contribution in [0.15, 0.2) is 36.7 Å². The van der Waals surface area contributed by atoms with Crippen molar-refractivity contribution in [3.8, 4) is 5.75 Å². The maximum atomic E-state index is 13.3. The molecule has 0 amide bonds. The molecule has 3 nitrogen and oxygen atoms in total. The van der Waals surface area contributed by atoms with Gasteiger partial charge in [0, 0.05) is 6.20 Å². The van der Waals surface area contributed by atoms with Crippen molar-refractivity contribution in [2.75, 3.05) is 0 Å². The van der Waals surface area contributed by atoms with Crippen molar-refractivity contribution in [1.29, 1.82) is 0 Å². The molecule has 1 aromatic carbocycles. The van der Waals surface area contributed by atoms with E-state index in [1.807, 2.05) is 19.9 Å². The molecule has 1 heterocycles. The van der Waals surface area contributed by atoms with Crippen LogP contribution in [0.5, 0.6) is 5.75 Å². The quantitative estimate of drug-likeness (QED) is 0.930. The summed E-state index contributed by atoms with van der Waals surface area (Å²) >= 11 is 0. The number of aromatic nitrogens is 1. The maximum Gasteiger partial charge on any atom is 0.138 e. The van der Waals surface area contributed by atoms with E-state index in [2.05, 4.69) is 4.98 Å². The van der Waals surface area contributed by atoms with Gasteiger partial charge in [-0.2, -0.15) is 0 Å². The molecule has 2 aromatic rings. The summed E-state index contributed by atoms with van der Waals surface area (Å²) in [6.45, 7) is 5.63. The molecule has 0 fully saturated rings. The average molecular weight is 274 g/mol. The van der Waals surface area contributed by atoms with Gasteiger partial charge in [-0.3, -0.25) is 4.98 Å². The number of nitrogens with zero attached hydrogens (tertiary/aromatic N) is 1. The fourth-order valence-corrected chi connectivity index (χ4v) is 2.00. The Balaban J connectivity index is 2.28. The van der Waals surface area contributed by atoms with E-state index in [9.17, 15) is 4.39 Å². The van der Waals surface area contributed by atoms with Gasteiger partial charge in [0.1, 0.15) is 11.6 Å². The topological polar surface area (TPSA) is 48.1 Å². The molecule has 0 radical (unpaired) electrons. The van der Waals surface area contributed by atoms with Crippen LogP contribution in [0.3, 0.4) is 0 Å². The second-order valence-electron chi connectivity index (χ2n) is 5.11. The molecule has 4 heteroatoms. The molecule has 0 saturated heterocycles. The van der Waals surface area contributed by atoms with Gasteiger partial charge in [0.2, 0.25) is 0 Å². The lowest BCUT2D eigenvalue weighted by molar-refractivity contribution is 0.241. The van der Waals surface area contributed by atoms with Gasteiger partial charge in [-0.25, -0.2) is 4.39 Å². The van der Waals surface area contributed by atoms with E-state index in [4.69, 9.17) is 10.5 Å². The number of hydrogen-bond acceptors (Lipinski definition) is 3. The number of benzene rings is 1. The summed E-state index contributed by atoms with van der Waals surface area (Å²) in [5.74, 6) is 0.461. The number of nitrogens with two attached hydrogens (primary N) is 1. The Labute approximate surface area is 118 Å². The Kier molecular flexibility index (Phi) is 4.35. The van der Waals surface area contributed by atoms with Gasteiger partial charge in [-0.05, 0) is 49.6 Å². The molecule has 1 aromatic heterocycles. The Morgan fingerprint density at radius 1 is 1.15 bits per heavy atom. The smallest absolute Gasteiger partial charge is 0.138 e. The first kappa shape index (κ1) is 14.5. The highest BCUT2D eigenvalue weighted by molar-refractivity contribution is 5.35. The lowest BCUT2D eigenvalue weighted by atomic mass is 9.99. The van der Waals surface area contributed by atoms with Crippen LogP contribution in [0.25, 0.3) is 0 Å². The first-order valence-corrected chi connectivity index (χ1v) is 6.60. The highest BCUT2D eigenvalue weighted by Crippen LogP contribution is 2.24. The minimum atomic E-state index is -0.350. The lowest BCUT2D eigenvalue weighted by Crippen LogP contribution is -2.13. The number of aryl methyl sites for hydroxylation is 1. The zero-order valence-corrected chi connectivity index (χ0v) is 11.9. The monoisotopic (exact) mass is 274 g/mol. The zero-order valence-electron chi connectivity index (χ0n) is 11.9. The second kappa shape index (κ2) is 6.01. The van der Waals surface area contributed by atoms with E-state index >= 15 is 0 Å². The number of ether oxygens (including phenoxy) is 1. The summed E-state index contributed by atoms with van der Waals surface area (Å²) in [5, 5.41) is 0. The van der Waals surface area contributed by atoms with Crippen molar-refractivity contribution < 1.29 is 9.13 Å². The molecule has 0 saturated carbocycles. The molecule has 0 aliphatic rings. The molecule has 1 atom stereocenters. The van der Waals surface area contributed by atoms with Crippen molar-refractivity contribution in [2.24, 2.45) is 5.73 Å². The average Bonchev–Trinajstić information content (AvgIpc) is 2.40. The van der Waals surface area contributed by atoms with Crippen LogP contribution in [0, 0.1) is 12.7 Å². The number of hydrogen-bond donors (Lipinski definition) is 1. The summed E-state index contributed by atoms with van der Waals surface area (Å²) in [6, 6.07) is 6.42. The first-order valence-electron chi connectivity index (χ1n) is 6.60. The van der Waals surface area contributed by atoms with Gasteiger partial charge < -0.3 is 10.5 Å².